The van der Waals surface area contributed by atoms with E-state index in [2.05, 4.69) is 46.3 Å². The largest absolute Gasteiger partial charge is 0.497 e. The first-order valence-corrected chi connectivity index (χ1v) is 8.59. The second kappa shape index (κ2) is 7.53. The number of para-hydroxylation sites is 1. The number of ether oxygens (including phenoxy) is 1. The number of aryl methyl sites for hydroxylation is 1. The molecule has 0 bridgehead atoms. The van der Waals surface area contributed by atoms with Crippen LogP contribution in [0.25, 0.3) is 0 Å². The fourth-order valence-electron chi connectivity index (χ4n) is 2.87. The van der Waals surface area contributed by atoms with Crippen molar-refractivity contribution in [2.45, 2.75) is 6.92 Å². The van der Waals surface area contributed by atoms with Gasteiger partial charge >= 0.3 is 0 Å². The fraction of sp³-hybridized carbons (Fsp3) is 0.316. The Morgan fingerprint density at radius 1 is 1.00 bits per heavy atom. The molecule has 2 aromatic rings. The maximum atomic E-state index is 5.58. The van der Waals surface area contributed by atoms with Gasteiger partial charge in [-0.2, -0.15) is 0 Å². The summed E-state index contributed by atoms with van der Waals surface area (Å²) in [6, 6.07) is 16.5. The molecule has 1 fully saturated rings. The molecule has 0 unspecified atom stereocenters. The summed E-state index contributed by atoms with van der Waals surface area (Å²) < 4.78 is 5.22. The highest BCUT2D eigenvalue weighted by atomic mass is 32.1. The predicted octanol–water partition coefficient (Wildman–Crippen LogP) is 3.52. The molecule has 5 heteroatoms. The Bertz CT molecular complexity index is 694. The second-order valence-corrected chi connectivity index (χ2v) is 6.30. The van der Waals surface area contributed by atoms with Gasteiger partial charge in [0.1, 0.15) is 5.75 Å². The average Bonchev–Trinajstić information content (AvgIpc) is 2.64. The van der Waals surface area contributed by atoms with Gasteiger partial charge in [-0.15, -0.1) is 0 Å². The van der Waals surface area contributed by atoms with Crippen molar-refractivity contribution in [3.63, 3.8) is 0 Å². The summed E-state index contributed by atoms with van der Waals surface area (Å²) in [4.78, 5) is 4.62. The molecule has 0 aliphatic carbocycles. The molecular weight excluding hydrogens is 318 g/mol. The van der Waals surface area contributed by atoms with Crippen molar-refractivity contribution in [3.05, 3.63) is 54.1 Å². The zero-order valence-electron chi connectivity index (χ0n) is 14.2. The summed E-state index contributed by atoms with van der Waals surface area (Å²) in [5, 5.41) is 4.18. The number of rotatable bonds is 3. The lowest BCUT2D eigenvalue weighted by atomic mass is 10.2. The molecule has 0 amide bonds. The molecule has 0 saturated carbocycles. The van der Waals surface area contributed by atoms with E-state index in [9.17, 15) is 0 Å². The van der Waals surface area contributed by atoms with Crippen LogP contribution in [0.2, 0.25) is 0 Å². The summed E-state index contributed by atoms with van der Waals surface area (Å²) in [7, 11) is 1.69. The Balaban J connectivity index is 1.56. The van der Waals surface area contributed by atoms with E-state index in [-0.39, 0.29) is 0 Å². The van der Waals surface area contributed by atoms with E-state index in [1.165, 1.54) is 11.3 Å². The van der Waals surface area contributed by atoms with Crippen molar-refractivity contribution >= 4 is 28.7 Å². The van der Waals surface area contributed by atoms with Crippen molar-refractivity contribution in [1.82, 2.24) is 4.90 Å². The highest BCUT2D eigenvalue weighted by Crippen LogP contribution is 2.21. The normalized spacial score (nSPS) is 14.4. The van der Waals surface area contributed by atoms with Crippen LogP contribution in [0.1, 0.15) is 5.56 Å². The van der Waals surface area contributed by atoms with E-state index in [4.69, 9.17) is 17.0 Å². The molecule has 1 aliphatic rings. The lowest BCUT2D eigenvalue weighted by Gasteiger charge is -2.37. The number of hydrogen-bond acceptors (Lipinski definition) is 3. The molecule has 1 aliphatic heterocycles. The van der Waals surface area contributed by atoms with Crippen LogP contribution in [0.4, 0.5) is 11.4 Å². The molecule has 3 rings (SSSR count). The Kier molecular flexibility index (Phi) is 5.20. The molecule has 0 spiro atoms. The van der Waals surface area contributed by atoms with Gasteiger partial charge in [-0.25, -0.2) is 0 Å². The van der Waals surface area contributed by atoms with E-state index in [1.807, 2.05) is 24.3 Å². The number of thiocarbonyl (C=S) groups is 1. The predicted molar refractivity (Wildman–Crippen MR) is 104 cm³/mol. The molecule has 1 heterocycles. The Hall–Kier alpha value is -2.27. The van der Waals surface area contributed by atoms with Gasteiger partial charge in [-0.3, -0.25) is 0 Å². The number of piperazine rings is 1. The molecule has 0 aromatic heterocycles. The molecule has 4 nitrogen and oxygen atoms in total. The van der Waals surface area contributed by atoms with Gasteiger partial charge in [0.15, 0.2) is 5.11 Å². The lowest BCUT2D eigenvalue weighted by Crippen LogP contribution is -2.50. The molecule has 0 radical (unpaired) electrons. The van der Waals surface area contributed by atoms with Crippen molar-refractivity contribution in [3.8, 4) is 5.75 Å². The summed E-state index contributed by atoms with van der Waals surface area (Å²) in [6.45, 7) is 5.85. The summed E-state index contributed by atoms with van der Waals surface area (Å²) in [5.74, 6) is 0.890. The molecule has 1 N–H and O–H groups in total. The van der Waals surface area contributed by atoms with Crippen molar-refractivity contribution in [2.24, 2.45) is 0 Å². The first-order chi connectivity index (χ1) is 11.7. The molecule has 2 aromatic carbocycles. The van der Waals surface area contributed by atoms with E-state index in [1.54, 1.807) is 7.11 Å². The van der Waals surface area contributed by atoms with E-state index in [0.29, 0.717) is 0 Å². The lowest BCUT2D eigenvalue weighted by molar-refractivity contribution is 0.390. The highest BCUT2D eigenvalue weighted by molar-refractivity contribution is 7.80. The molecule has 1 saturated heterocycles. The second-order valence-electron chi connectivity index (χ2n) is 5.92. The van der Waals surface area contributed by atoms with E-state index >= 15 is 0 Å². The van der Waals surface area contributed by atoms with Crippen LogP contribution >= 0.6 is 12.2 Å². The SMILES string of the molecule is COc1ccc(N2CCN(C(=S)Nc3ccccc3C)CC2)cc1. The Labute approximate surface area is 149 Å². The number of methoxy groups -OCH3 is 1. The third kappa shape index (κ3) is 3.79. The molecular formula is C19H23N3OS. The minimum Gasteiger partial charge on any atom is -0.497 e. The monoisotopic (exact) mass is 341 g/mol. The third-order valence-electron chi connectivity index (χ3n) is 4.39. The van der Waals surface area contributed by atoms with Crippen LogP contribution in [-0.4, -0.2) is 43.3 Å². The van der Waals surface area contributed by atoms with Gasteiger partial charge in [0.25, 0.3) is 0 Å². The third-order valence-corrected chi connectivity index (χ3v) is 4.75. The van der Waals surface area contributed by atoms with Gasteiger partial charge in [0.2, 0.25) is 0 Å². The number of nitrogens with one attached hydrogen (secondary N) is 1. The first-order valence-electron chi connectivity index (χ1n) is 8.18. The number of hydrogen-bond donors (Lipinski definition) is 1. The number of nitrogens with zero attached hydrogens (tertiary/aromatic N) is 2. The quantitative estimate of drug-likeness (QED) is 0.862. The topological polar surface area (TPSA) is 27.7 Å². The van der Waals surface area contributed by atoms with Crippen LogP contribution < -0.4 is 15.0 Å². The fourth-order valence-corrected chi connectivity index (χ4v) is 3.16. The zero-order chi connectivity index (χ0) is 16.9. The van der Waals surface area contributed by atoms with Crippen LogP contribution in [0.15, 0.2) is 48.5 Å². The summed E-state index contributed by atoms with van der Waals surface area (Å²) >= 11 is 5.58. The summed E-state index contributed by atoms with van der Waals surface area (Å²) in [6.07, 6.45) is 0. The van der Waals surface area contributed by atoms with E-state index in [0.717, 1.165) is 42.7 Å². The van der Waals surface area contributed by atoms with Crippen LogP contribution in [-0.2, 0) is 0 Å². The van der Waals surface area contributed by atoms with Crippen molar-refractivity contribution in [2.75, 3.05) is 43.5 Å². The smallest absolute Gasteiger partial charge is 0.173 e. The minimum atomic E-state index is 0.804. The first kappa shape index (κ1) is 16.6. The summed E-state index contributed by atoms with van der Waals surface area (Å²) in [5.41, 5.74) is 3.52. The highest BCUT2D eigenvalue weighted by Gasteiger charge is 2.19. The standard InChI is InChI=1S/C19H23N3OS/c1-15-5-3-4-6-18(15)20-19(24)22-13-11-21(12-14-22)16-7-9-17(23-2)10-8-16/h3-10H,11-14H2,1-2H3,(H,20,24). The maximum absolute atomic E-state index is 5.58. The maximum Gasteiger partial charge on any atom is 0.173 e. The molecule has 24 heavy (non-hydrogen) atoms. The van der Waals surface area contributed by atoms with Crippen LogP contribution in [0.5, 0.6) is 5.75 Å². The van der Waals surface area contributed by atoms with Crippen LogP contribution in [0.3, 0.4) is 0 Å². The van der Waals surface area contributed by atoms with Gasteiger partial charge in [-0.05, 0) is 55.0 Å². The van der Waals surface area contributed by atoms with Gasteiger partial charge in [0, 0.05) is 37.6 Å². The average molecular weight is 341 g/mol. The van der Waals surface area contributed by atoms with Gasteiger partial charge in [0.05, 0.1) is 7.11 Å². The van der Waals surface area contributed by atoms with E-state index < -0.39 is 0 Å². The minimum absolute atomic E-state index is 0.804. The molecule has 126 valence electrons. The van der Waals surface area contributed by atoms with Gasteiger partial charge < -0.3 is 19.9 Å². The van der Waals surface area contributed by atoms with Crippen molar-refractivity contribution in [1.29, 1.82) is 0 Å². The van der Waals surface area contributed by atoms with Crippen molar-refractivity contribution < 1.29 is 4.74 Å². The molecule has 0 atom stereocenters. The zero-order valence-corrected chi connectivity index (χ0v) is 15.0. The van der Waals surface area contributed by atoms with Crippen LogP contribution in [0, 0.1) is 6.92 Å². The Morgan fingerprint density at radius 2 is 1.67 bits per heavy atom. The number of anilines is 2. The van der Waals surface area contributed by atoms with Gasteiger partial charge in [-0.1, -0.05) is 18.2 Å². The Morgan fingerprint density at radius 3 is 2.29 bits per heavy atom. The number of benzene rings is 2.